The van der Waals surface area contributed by atoms with Crippen molar-refractivity contribution in [3.05, 3.63) is 97.9 Å². The molecule has 0 N–H and O–H groups in total. The highest BCUT2D eigenvalue weighted by Gasteiger charge is 2.44. The number of amides is 1. The minimum atomic E-state index is -0.664. The van der Waals surface area contributed by atoms with E-state index in [1.54, 1.807) is 30.5 Å². The molecule has 0 saturated carbocycles. The fraction of sp³-hybridized carbons (Fsp3) is 0.192. The SMILES string of the molecule is CCCOc1ccc(C2c3c(oc4ccc(Br)cc4c3=O)C(=O)N2c2ccc(C)cn2)cc1. The van der Waals surface area contributed by atoms with Crippen LogP contribution < -0.4 is 15.1 Å². The van der Waals surface area contributed by atoms with Crippen LogP contribution >= 0.6 is 15.9 Å². The third-order valence-corrected chi connectivity index (χ3v) is 6.14. The van der Waals surface area contributed by atoms with Crippen molar-refractivity contribution in [1.82, 2.24) is 4.98 Å². The first-order valence-electron chi connectivity index (χ1n) is 10.7. The van der Waals surface area contributed by atoms with Crippen LogP contribution in [0.4, 0.5) is 5.82 Å². The summed E-state index contributed by atoms with van der Waals surface area (Å²) in [6.07, 6.45) is 2.61. The van der Waals surface area contributed by atoms with Gasteiger partial charge in [-0.15, -0.1) is 0 Å². The molecule has 1 unspecified atom stereocenters. The standard InChI is InChI=1S/C26H21BrN2O4/c1-3-12-32-18-8-5-16(6-9-18)23-22-24(30)19-13-17(27)7-10-20(19)33-25(22)26(31)29(23)21-11-4-15(2)14-28-21/h4-11,13-14,23H,3,12H2,1-2H3. The Hall–Kier alpha value is -3.45. The van der Waals surface area contributed by atoms with Crippen molar-refractivity contribution in [3.63, 3.8) is 0 Å². The summed E-state index contributed by atoms with van der Waals surface area (Å²) in [5, 5.41) is 0.419. The van der Waals surface area contributed by atoms with Gasteiger partial charge < -0.3 is 9.15 Å². The topological polar surface area (TPSA) is 72.6 Å². The van der Waals surface area contributed by atoms with E-state index >= 15 is 0 Å². The van der Waals surface area contributed by atoms with Gasteiger partial charge in [-0.3, -0.25) is 14.5 Å². The summed E-state index contributed by atoms with van der Waals surface area (Å²) in [5.74, 6) is 0.852. The Morgan fingerprint density at radius 3 is 2.58 bits per heavy atom. The number of benzene rings is 2. The van der Waals surface area contributed by atoms with E-state index in [-0.39, 0.29) is 17.1 Å². The summed E-state index contributed by atoms with van der Waals surface area (Å²) < 4.78 is 12.5. The number of rotatable bonds is 5. The number of hydrogen-bond acceptors (Lipinski definition) is 5. The summed E-state index contributed by atoms with van der Waals surface area (Å²) >= 11 is 3.42. The summed E-state index contributed by atoms with van der Waals surface area (Å²) in [6.45, 7) is 4.59. The highest BCUT2D eigenvalue weighted by Crippen LogP contribution is 2.41. The summed E-state index contributed by atoms with van der Waals surface area (Å²) in [4.78, 5) is 33.2. The van der Waals surface area contributed by atoms with Crippen molar-refractivity contribution in [3.8, 4) is 5.75 Å². The minimum Gasteiger partial charge on any atom is -0.494 e. The number of ether oxygens (including phenoxy) is 1. The summed E-state index contributed by atoms with van der Waals surface area (Å²) in [6, 6.07) is 15.7. The van der Waals surface area contributed by atoms with E-state index in [2.05, 4.69) is 20.9 Å². The second kappa shape index (κ2) is 8.48. The van der Waals surface area contributed by atoms with Crippen LogP contribution in [0.1, 0.15) is 46.6 Å². The van der Waals surface area contributed by atoms with Crippen LogP contribution in [0.3, 0.4) is 0 Å². The average molecular weight is 505 g/mol. The van der Waals surface area contributed by atoms with Crippen LogP contribution in [0.15, 0.2) is 74.5 Å². The Kier molecular flexibility index (Phi) is 5.50. The lowest BCUT2D eigenvalue weighted by Crippen LogP contribution is -2.30. The summed E-state index contributed by atoms with van der Waals surface area (Å²) in [5.41, 5.74) is 2.20. The van der Waals surface area contributed by atoms with Crippen LogP contribution in [-0.2, 0) is 0 Å². The van der Waals surface area contributed by atoms with Crippen molar-refractivity contribution >= 4 is 38.6 Å². The lowest BCUT2D eigenvalue weighted by atomic mass is 9.98. The van der Waals surface area contributed by atoms with Gasteiger partial charge in [-0.1, -0.05) is 41.1 Å². The highest BCUT2D eigenvalue weighted by atomic mass is 79.9. The molecule has 0 radical (unpaired) electrons. The van der Waals surface area contributed by atoms with Gasteiger partial charge >= 0.3 is 0 Å². The average Bonchev–Trinajstić information content (AvgIpc) is 3.11. The van der Waals surface area contributed by atoms with E-state index in [0.717, 1.165) is 27.8 Å². The molecule has 1 aliphatic rings. The first-order chi connectivity index (χ1) is 16.0. The van der Waals surface area contributed by atoms with Gasteiger partial charge in [-0.25, -0.2) is 4.98 Å². The number of anilines is 1. The van der Waals surface area contributed by atoms with Crippen LogP contribution in [0, 0.1) is 6.92 Å². The third-order valence-electron chi connectivity index (χ3n) is 5.64. The zero-order chi connectivity index (χ0) is 23.1. The number of fused-ring (bicyclic) bond motifs is 2. The zero-order valence-corrected chi connectivity index (χ0v) is 19.8. The maximum Gasteiger partial charge on any atom is 0.296 e. The van der Waals surface area contributed by atoms with E-state index in [4.69, 9.17) is 9.15 Å². The quantitative estimate of drug-likeness (QED) is 0.343. The molecule has 4 aromatic rings. The van der Waals surface area contributed by atoms with Gasteiger partial charge in [0.05, 0.1) is 23.6 Å². The van der Waals surface area contributed by atoms with Crippen LogP contribution in [0.5, 0.6) is 5.75 Å². The molecule has 2 aromatic carbocycles. The Balaban J connectivity index is 1.72. The number of carbonyl (C=O) groups is 1. The van der Waals surface area contributed by atoms with Gasteiger partial charge in [0.1, 0.15) is 17.2 Å². The minimum absolute atomic E-state index is 0.0495. The second-order valence-electron chi connectivity index (χ2n) is 8.00. The Bertz CT molecular complexity index is 1410. The number of carbonyl (C=O) groups excluding carboxylic acids is 1. The van der Waals surface area contributed by atoms with E-state index in [9.17, 15) is 9.59 Å². The van der Waals surface area contributed by atoms with E-state index < -0.39 is 6.04 Å². The molecule has 0 fully saturated rings. The molecule has 3 heterocycles. The number of aryl methyl sites for hydroxylation is 1. The van der Waals surface area contributed by atoms with Crippen molar-refractivity contribution in [2.75, 3.05) is 11.5 Å². The van der Waals surface area contributed by atoms with Crippen LogP contribution in [-0.4, -0.2) is 17.5 Å². The first-order valence-corrected chi connectivity index (χ1v) is 11.5. The predicted molar refractivity (Wildman–Crippen MR) is 130 cm³/mol. The number of hydrogen-bond donors (Lipinski definition) is 0. The van der Waals surface area contributed by atoms with Crippen LogP contribution in [0.2, 0.25) is 0 Å². The zero-order valence-electron chi connectivity index (χ0n) is 18.2. The van der Waals surface area contributed by atoms with Gasteiger partial charge in [-0.2, -0.15) is 0 Å². The maximum absolute atomic E-state index is 13.6. The van der Waals surface area contributed by atoms with Gasteiger partial charge in [-0.05, 0) is 60.9 Å². The number of halogens is 1. The fourth-order valence-corrected chi connectivity index (χ4v) is 4.43. The van der Waals surface area contributed by atoms with E-state index in [0.29, 0.717) is 29.0 Å². The molecular weight excluding hydrogens is 484 g/mol. The van der Waals surface area contributed by atoms with Crippen molar-refractivity contribution < 1.29 is 13.9 Å². The van der Waals surface area contributed by atoms with Gasteiger partial charge in [0.15, 0.2) is 5.43 Å². The molecule has 2 aromatic heterocycles. The number of nitrogens with zero attached hydrogens (tertiary/aromatic N) is 2. The fourth-order valence-electron chi connectivity index (χ4n) is 4.07. The van der Waals surface area contributed by atoms with Gasteiger partial charge in [0, 0.05) is 10.7 Å². The van der Waals surface area contributed by atoms with E-state index in [1.165, 1.54) is 4.90 Å². The lowest BCUT2D eigenvalue weighted by molar-refractivity contribution is 0.0970. The Labute approximate surface area is 198 Å². The Morgan fingerprint density at radius 1 is 1.09 bits per heavy atom. The molecule has 0 spiro atoms. The lowest BCUT2D eigenvalue weighted by Gasteiger charge is -2.24. The van der Waals surface area contributed by atoms with Gasteiger partial charge in [0.25, 0.3) is 5.91 Å². The molecule has 5 rings (SSSR count). The highest BCUT2D eigenvalue weighted by molar-refractivity contribution is 9.10. The second-order valence-corrected chi connectivity index (χ2v) is 8.92. The molecule has 0 saturated heterocycles. The Morgan fingerprint density at radius 2 is 1.88 bits per heavy atom. The van der Waals surface area contributed by atoms with Gasteiger partial charge in [0.2, 0.25) is 5.76 Å². The number of aromatic nitrogens is 1. The maximum atomic E-state index is 13.6. The number of pyridine rings is 1. The van der Waals surface area contributed by atoms with Crippen molar-refractivity contribution in [2.24, 2.45) is 0 Å². The third kappa shape index (κ3) is 3.72. The smallest absolute Gasteiger partial charge is 0.296 e. The molecule has 0 aliphatic carbocycles. The van der Waals surface area contributed by atoms with E-state index in [1.807, 2.05) is 44.2 Å². The molecular formula is C26H21BrN2O4. The molecule has 1 aliphatic heterocycles. The molecule has 166 valence electrons. The molecule has 0 bridgehead atoms. The first kappa shape index (κ1) is 21.4. The molecule has 33 heavy (non-hydrogen) atoms. The van der Waals surface area contributed by atoms with Crippen LogP contribution in [0.25, 0.3) is 11.0 Å². The molecule has 6 nitrogen and oxygen atoms in total. The molecule has 1 amide bonds. The predicted octanol–water partition coefficient (Wildman–Crippen LogP) is 5.80. The largest absolute Gasteiger partial charge is 0.494 e. The monoisotopic (exact) mass is 504 g/mol. The van der Waals surface area contributed by atoms with Crippen molar-refractivity contribution in [2.45, 2.75) is 26.3 Å². The summed E-state index contributed by atoms with van der Waals surface area (Å²) in [7, 11) is 0. The normalized spacial score (nSPS) is 15.2. The van der Waals surface area contributed by atoms with Crippen molar-refractivity contribution in [1.29, 1.82) is 0 Å². The molecule has 1 atom stereocenters. The molecule has 7 heteroatoms.